The summed E-state index contributed by atoms with van der Waals surface area (Å²) in [6, 6.07) is 11.9. The Hall–Kier alpha value is -3.09. The predicted octanol–water partition coefficient (Wildman–Crippen LogP) is 4.97. The van der Waals surface area contributed by atoms with Crippen molar-refractivity contribution < 1.29 is 22.7 Å². The van der Waals surface area contributed by atoms with Crippen molar-refractivity contribution in [2.45, 2.75) is 31.1 Å². The number of alkyl halides is 3. The summed E-state index contributed by atoms with van der Waals surface area (Å²) >= 11 is 0. The van der Waals surface area contributed by atoms with E-state index in [1.165, 1.54) is 40.5 Å². The molecule has 4 N–H and O–H groups in total. The largest absolute Gasteiger partial charge is 0.573 e. The molecule has 0 saturated carbocycles. The number of nitrogens with one attached hydrogen (secondary N) is 2. The van der Waals surface area contributed by atoms with Crippen molar-refractivity contribution in [3.05, 3.63) is 75.7 Å². The van der Waals surface area contributed by atoms with E-state index in [0.29, 0.717) is 16.8 Å². The Kier molecular flexibility index (Phi) is 6.80. The molecule has 12 heteroatoms. The lowest BCUT2D eigenvalue weighted by atomic mass is 9.98. The van der Waals surface area contributed by atoms with Crippen molar-refractivity contribution in [1.29, 1.82) is 0 Å². The van der Waals surface area contributed by atoms with E-state index in [2.05, 4.69) is 14.8 Å². The highest BCUT2D eigenvalue weighted by Gasteiger charge is 2.33. The van der Waals surface area contributed by atoms with Crippen molar-refractivity contribution >= 4 is 32.7 Å². The first kappa shape index (κ1) is 25.0. The number of ether oxygens (including phenoxy) is 1. The minimum atomic E-state index is -4.88. The van der Waals surface area contributed by atoms with E-state index >= 15 is 0 Å². The van der Waals surface area contributed by atoms with Crippen molar-refractivity contribution in [3.63, 3.8) is 0 Å². The van der Waals surface area contributed by atoms with Crippen LogP contribution in [0.15, 0.2) is 58.2 Å². The number of aromatic nitrogens is 1. The van der Waals surface area contributed by atoms with Gasteiger partial charge >= 0.3 is 6.36 Å². The van der Waals surface area contributed by atoms with Gasteiger partial charge in [-0.1, -0.05) is 34.6 Å². The molecule has 35 heavy (non-hydrogen) atoms. The molecule has 0 spiro atoms. The first-order valence-electron chi connectivity index (χ1n) is 10.4. The minimum absolute atomic E-state index is 0.106. The number of thiol groups is 1. The summed E-state index contributed by atoms with van der Waals surface area (Å²) in [6.07, 6.45) is -4.88. The van der Waals surface area contributed by atoms with Gasteiger partial charge in [-0.2, -0.15) is 0 Å². The Bertz CT molecular complexity index is 1360. The fourth-order valence-electron chi connectivity index (χ4n) is 3.78. The van der Waals surface area contributed by atoms with Crippen LogP contribution >= 0.6 is 21.1 Å². The second-order valence-corrected chi connectivity index (χ2v) is 11.2. The molecule has 0 bridgehead atoms. The van der Waals surface area contributed by atoms with Crippen LogP contribution in [-0.2, 0) is 7.05 Å². The molecule has 2 heterocycles. The van der Waals surface area contributed by atoms with Gasteiger partial charge in [0.2, 0.25) is 0 Å². The summed E-state index contributed by atoms with van der Waals surface area (Å²) in [5.41, 5.74) is 2.11. The summed E-state index contributed by atoms with van der Waals surface area (Å²) < 4.78 is 47.2. The maximum Gasteiger partial charge on any atom is 0.573 e. The van der Waals surface area contributed by atoms with Crippen LogP contribution in [0.4, 0.5) is 18.9 Å². The van der Waals surface area contributed by atoms with Crippen LogP contribution in [0.3, 0.4) is 0 Å². The maximum absolute atomic E-state index is 13.4. The van der Waals surface area contributed by atoms with Crippen molar-refractivity contribution in [2.24, 2.45) is 12.2 Å². The number of rotatable bonds is 5. The molecule has 1 aliphatic rings. The number of carbonyl (C=O) groups excluding carboxylic acids is 1. The Labute approximate surface area is 205 Å². The van der Waals surface area contributed by atoms with E-state index in [-0.39, 0.29) is 11.1 Å². The minimum Gasteiger partial charge on any atom is -0.405 e. The second-order valence-electron chi connectivity index (χ2n) is 7.96. The number of carbonyl (C=O) groups is 1. The summed E-state index contributed by atoms with van der Waals surface area (Å²) in [6.45, 7) is 3.28. The molecular formula is C23H23F3N4O3S2. The first-order valence-corrected chi connectivity index (χ1v) is 13.3. The Balaban J connectivity index is 1.72. The van der Waals surface area contributed by atoms with Crippen LogP contribution in [0.25, 0.3) is 11.1 Å². The second kappa shape index (κ2) is 9.51. The number of amides is 1. The number of para-hydroxylation sites is 1. The third-order valence-corrected chi connectivity index (χ3v) is 8.22. The number of halogens is 3. The highest BCUT2D eigenvalue weighted by atomic mass is 33.1. The van der Waals surface area contributed by atoms with Gasteiger partial charge in [-0.25, -0.2) is 0 Å². The quantitative estimate of drug-likeness (QED) is 0.278. The number of pyridine rings is 1. The van der Waals surface area contributed by atoms with Gasteiger partial charge in [0, 0.05) is 28.8 Å². The van der Waals surface area contributed by atoms with Gasteiger partial charge in [0.25, 0.3) is 11.5 Å². The van der Waals surface area contributed by atoms with Gasteiger partial charge in [0.15, 0.2) is 0 Å². The van der Waals surface area contributed by atoms with Crippen LogP contribution in [0, 0.1) is 6.92 Å². The zero-order valence-electron chi connectivity index (χ0n) is 18.9. The van der Waals surface area contributed by atoms with Crippen molar-refractivity contribution in [3.8, 4) is 16.9 Å². The number of nitrogens with zero attached hydrogens (tertiary/aromatic N) is 1. The van der Waals surface area contributed by atoms with E-state index < -0.39 is 39.9 Å². The number of anilines is 1. The van der Waals surface area contributed by atoms with E-state index in [9.17, 15) is 22.8 Å². The van der Waals surface area contributed by atoms with Crippen LogP contribution < -0.4 is 25.5 Å². The third kappa shape index (κ3) is 5.29. The van der Waals surface area contributed by atoms with Crippen molar-refractivity contribution in [1.82, 2.24) is 9.88 Å². The first-order chi connectivity index (χ1) is 16.4. The van der Waals surface area contributed by atoms with Crippen LogP contribution in [-0.4, -0.2) is 16.8 Å². The Morgan fingerprint density at radius 1 is 1.23 bits per heavy atom. The summed E-state index contributed by atoms with van der Waals surface area (Å²) in [5, 5.41) is 8.66. The Morgan fingerprint density at radius 2 is 1.94 bits per heavy atom. The fraction of sp³-hybridized carbons (Fsp3) is 0.217. The average Bonchev–Trinajstić information content (AvgIpc) is 3.15. The molecular weight excluding hydrogens is 501 g/mol. The molecule has 0 saturated heterocycles. The fourth-order valence-corrected chi connectivity index (χ4v) is 6.46. The van der Waals surface area contributed by atoms with E-state index in [0.717, 1.165) is 10.6 Å². The smallest absolute Gasteiger partial charge is 0.405 e. The molecule has 2 unspecified atom stereocenters. The summed E-state index contributed by atoms with van der Waals surface area (Å²) in [7, 11) is 2.10. The predicted molar refractivity (Wildman–Crippen MR) is 134 cm³/mol. The van der Waals surface area contributed by atoms with Gasteiger partial charge in [0.05, 0.1) is 11.7 Å². The standard InChI is InChI=1S/C23H23F3N4O3S2/c1-12-10-16(14-8-9-17-19(11-14)34-35(27)29-17)20(22(32)30(12)3)21(31)28-13(2)15-6-4-5-7-18(15)33-23(24,25)26/h4-11,13,29,35H,27H2,1-3H3,(H,28,31). The maximum atomic E-state index is 13.4. The summed E-state index contributed by atoms with van der Waals surface area (Å²) in [5.74, 6) is -1.13. The highest BCUT2D eigenvalue weighted by Crippen LogP contribution is 2.51. The molecule has 4 rings (SSSR count). The number of fused-ring (bicyclic) bond motifs is 1. The molecule has 0 fully saturated rings. The molecule has 7 nitrogen and oxygen atoms in total. The summed E-state index contributed by atoms with van der Waals surface area (Å²) in [4.78, 5) is 27.5. The number of hydrogen-bond acceptors (Lipinski definition) is 6. The van der Waals surface area contributed by atoms with Gasteiger partial charge in [-0.3, -0.25) is 14.7 Å². The zero-order chi connectivity index (χ0) is 25.5. The van der Waals surface area contributed by atoms with Gasteiger partial charge in [-0.15, -0.1) is 13.2 Å². The number of aryl methyl sites for hydroxylation is 1. The van der Waals surface area contributed by atoms with Gasteiger partial charge in [0.1, 0.15) is 11.3 Å². The molecule has 3 aromatic rings. The number of benzene rings is 2. The molecule has 1 amide bonds. The lowest BCUT2D eigenvalue weighted by Gasteiger charge is -2.20. The molecule has 0 aliphatic carbocycles. The van der Waals surface area contributed by atoms with E-state index in [1.807, 2.05) is 12.1 Å². The van der Waals surface area contributed by atoms with Crippen LogP contribution in [0.1, 0.15) is 34.6 Å². The van der Waals surface area contributed by atoms with Crippen LogP contribution in [0.5, 0.6) is 5.75 Å². The molecule has 1 aliphatic heterocycles. The SMILES string of the molecule is Cc1cc(-c2ccc3c(c2)S[SH](N)N3)c(C(=O)NC(C)c2ccccc2OC(F)(F)F)c(=O)n1C. The lowest BCUT2D eigenvalue weighted by Crippen LogP contribution is -2.35. The molecule has 186 valence electrons. The highest BCUT2D eigenvalue weighted by molar-refractivity contribution is 8.85. The Morgan fingerprint density at radius 3 is 2.66 bits per heavy atom. The monoisotopic (exact) mass is 524 g/mol. The van der Waals surface area contributed by atoms with E-state index in [1.54, 1.807) is 32.2 Å². The van der Waals surface area contributed by atoms with E-state index in [4.69, 9.17) is 5.14 Å². The molecule has 1 aromatic heterocycles. The van der Waals surface area contributed by atoms with Crippen LogP contribution in [0.2, 0.25) is 0 Å². The topological polar surface area (TPSA) is 98.4 Å². The van der Waals surface area contributed by atoms with Gasteiger partial charge < -0.3 is 19.3 Å². The normalized spacial score (nSPS) is 16.8. The number of nitrogens with two attached hydrogens (primary N) is 1. The zero-order valence-corrected chi connectivity index (χ0v) is 20.6. The third-order valence-electron chi connectivity index (χ3n) is 5.58. The number of hydrogen-bond donors (Lipinski definition) is 4. The average molecular weight is 525 g/mol. The lowest BCUT2D eigenvalue weighted by molar-refractivity contribution is -0.275. The molecule has 0 radical (unpaired) electrons. The van der Waals surface area contributed by atoms with Gasteiger partial charge in [-0.05, 0) is 54.5 Å². The van der Waals surface area contributed by atoms with Crippen molar-refractivity contribution in [2.75, 3.05) is 4.72 Å². The molecule has 2 aromatic carbocycles. The molecule has 2 atom stereocenters.